The Labute approximate surface area is 136 Å². The first-order chi connectivity index (χ1) is 11.3. The van der Waals surface area contributed by atoms with Gasteiger partial charge in [0.1, 0.15) is 0 Å². The zero-order valence-corrected chi connectivity index (χ0v) is 14.1. The number of ether oxygens (including phenoxy) is 1. The van der Waals surface area contributed by atoms with Crippen molar-refractivity contribution in [2.75, 3.05) is 7.11 Å². The molecule has 0 amide bonds. The van der Waals surface area contributed by atoms with Gasteiger partial charge in [0, 0.05) is 5.39 Å². The Morgan fingerprint density at radius 1 is 0.958 bits per heavy atom. The van der Waals surface area contributed by atoms with E-state index in [4.69, 9.17) is 0 Å². The van der Waals surface area contributed by atoms with Crippen molar-refractivity contribution in [2.24, 2.45) is 0 Å². The molecule has 0 bridgehead atoms. The maximum absolute atomic E-state index is 13.2. The van der Waals surface area contributed by atoms with Gasteiger partial charge in [0.05, 0.1) is 18.0 Å². The lowest BCUT2D eigenvalue weighted by Gasteiger charge is -2.11. The number of aromatic amines is 2. The molecule has 2 aromatic heterocycles. The van der Waals surface area contributed by atoms with Gasteiger partial charge in [-0.1, -0.05) is 0 Å². The number of benzene rings is 1. The third-order valence-corrected chi connectivity index (χ3v) is 4.75. The topological polar surface area (TPSA) is 105 Å². The van der Waals surface area contributed by atoms with Gasteiger partial charge in [0.25, 0.3) is 5.56 Å². The second-order valence-electron chi connectivity index (χ2n) is 5.85. The van der Waals surface area contributed by atoms with Crippen molar-refractivity contribution in [1.29, 1.82) is 0 Å². The van der Waals surface area contributed by atoms with Crippen LogP contribution in [0.2, 0.25) is 0 Å². The molecule has 0 saturated heterocycles. The highest BCUT2D eigenvalue weighted by molar-refractivity contribution is 6.04. The van der Waals surface area contributed by atoms with E-state index in [9.17, 15) is 14.4 Å². The van der Waals surface area contributed by atoms with E-state index >= 15 is 0 Å². The Kier molecular flexibility index (Phi) is 3.51. The summed E-state index contributed by atoms with van der Waals surface area (Å²) in [6, 6.07) is 0. The number of carbonyl (C=O) groups excluding carboxylic acids is 1. The molecule has 2 heterocycles. The van der Waals surface area contributed by atoms with Crippen molar-refractivity contribution >= 4 is 27.8 Å². The van der Waals surface area contributed by atoms with Crippen LogP contribution in [-0.2, 0) is 4.74 Å². The molecule has 2 N–H and O–H groups in total. The number of nitrogens with one attached hydrogen (secondary N) is 2. The fourth-order valence-corrected chi connectivity index (χ4v) is 3.03. The Hall–Kier alpha value is -2.96. The first-order valence-corrected chi connectivity index (χ1v) is 7.42. The zero-order valence-electron chi connectivity index (χ0n) is 14.1. The van der Waals surface area contributed by atoms with Gasteiger partial charge in [-0.25, -0.2) is 4.79 Å². The average Bonchev–Trinajstić information content (AvgIpc) is 2.97. The van der Waals surface area contributed by atoms with Gasteiger partial charge in [-0.15, -0.1) is 0 Å². The van der Waals surface area contributed by atoms with Crippen LogP contribution in [0.4, 0.5) is 0 Å². The van der Waals surface area contributed by atoms with E-state index < -0.39 is 17.0 Å². The van der Waals surface area contributed by atoms with Crippen LogP contribution in [0, 0.1) is 27.7 Å². The molecule has 24 heavy (non-hydrogen) atoms. The number of fused-ring (bicyclic) bond motifs is 2. The van der Waals surface area contributed by atoms with Crippen molar-refractivity contribution in [1.82, 2.24) is 15.2 Å². The SMILES string of the molecule is COC(=O)c1[nH]nc2c(=O)[nH]c3c(C)c(C)c(C)c(C)c3c(=O)c12. The van der Waals surface area contributed by atoms with E-state index in [0.717, 1.165) is 22.3 Å². The molecule has 0 fully saturated rings. The Balaban J connectivity index is 2.74. The van der Waals surface area contributed by atoms with Gasteiger partial charge in [0.2, 0.25) is 0 Å². The number of carbonyl (C=O) groups is 1. The van der Waals surface area contributed by atoms with Crippen LogP contribution in [0.25, 0.3) is 21.8 Å². The Morgan fingerprint density at radius 3 is 2.21 bits per heavy atom. The van der Waals surface area contributed by atoms with Crippen molar-refractivity contribution in [3.63, 3.8) is 0 Å². The minimum Gasteiger partial charge on any atom is -0.464 e. The van der Waals surface area contributed by atoms with Crippen LogP contribution in [0.1, 0.15) is 32.7 Å². The van der Waals surface area contributed by atoms with E-state index in [2.05, 4.69) is 19.9 Å². The summed E-state index contributed by atoms with van der Waals surface area (Å²) in [5, 5.41) is 6.62. The number of esters is 1. The summed E-state index contributed by atoms with van der Waals surface area (Å²) in [7, 11) is 1.20. The maximum atomic E-state index is 13.2. The highest BCUT2D eigenvalue weighted by Gasteiger charge is 2.21. The number of hydrogen-bond donors (Lipinski definition) is 2. The van der Waals surface area contributed by atoms with Crippen LogP contribution in [0.3, 0.4) is 0 Å². The summed E-state index contributed by atoms with van der Waals surface area (Å²) in [5.41, 5.74) is 2.87. The number of hydrogen-bond acceptors (Lipinski definition) is 5. The van der Waals surface area contributed by atoms with E-state index in [1.54, 1.807) is 0 Å². The molecule has 0 radical (unpaired) electrons. The standard InChI is InChI=1S/C17H17N3O4/c1-6-7(2)9(4)12-10(8(6)3)15(21)11-13(16(22)18-12)19-20-14(11)17(23)24-5/h1-5H3,(H,18,22)(H,19,20). The molecule has 0 aliphatic rings. The average molecular weight is 327 g/mol. The van der Waals surface area contributed by atoms with Gasteiger partial charge < -0.3 is 9.72 Å². The van der Waals surface area contributed by atoms with Crippen molar-refractivity contribution in [3.8, 4) is 0 Å². The largest absolute Gasteiger partial charge is 0.464 e. The van der Waals surface area contributed by atoms with Gasteiger partial charge in [0.15, 0.2) is 16.6 Å². The number of aryl methyl sites for hydroxylation is 2. The Morgan fingerprint density at radius 2 is 1.58 bits per heavy atom. The molecule has 1 aromatic carbocycles. The molecule has 124 valence electrons. The molecule has 0 atom stereocenters. The Bertz CT molecular complexity index is 1140. The summed E-state index contributed by atoms with van der Waals surface area (Å²) in [4.78, 5) is 40.3. The fraction of sp³-hybridized carbons (Fsp3) is 0.294. The van der Waals surface area contributed by atoms with Gasteiger partial charge >= 0.3 is 5.97 Å². The van der Waals surface area contributed by atoms with Crippen LogP contribution < -0.4 is 11.0 Å². The predicted molar refractivity (Wildman–Crippen MR) is 90.8 cm³/mol. The second kappa shape index (κ2) is 5.30. The molecular formula is C17H17N3O4. The number of aromatic nitrogens is 3. The number of methoxy groups -OCH3 is 1. The molecule has 7 nitrogen and oxygen atoms in total. The zero-order chi connectivity index (χ0) is 17.8. The molecule has 3 rings (SSSR count). The monoisotopic (exact) mass is 327 g/mol. The summed E-state index contributed by atoms with van der Waals surface area (Å²) < 4.78 is 4.68. The highest BCUT2D eigenvalue weighted by atomic mass is 16.5. The first kappa shape index (κ1) is 15.9. The third kappa shape index (κ3) is 1.97. The molecule has 0 saturated carbocycles. The quantitative estimate of drug-likeness (QED) is 0.663. The van der Waals surface area contributed by atoms with Crippen molar-refractivity contribution < 1.29 is 9.53 Å². The third-order valence-electron chi connectivity index (χ3n) is 4.75. The lowest BCUT2D eigenvalue weighted by atomic mass is 9.94. The van der Waals surface area contributed by atoms with Crippen LogP contribution in [0.15, 0.2) is 9.59 Å². The molecule has 0 aliphatic carbocycles. The lowest BCUT2D eigenvalue weighted by Crippen LogP contribution is -2.09. The van der Waals surface area contributed by atoms with Crippen LogP contribution >= 0.6 is 0 Å². The molecule has 0 aliphatic heterocycles. The normalized spacial score (nSPS) is 11.2. The molecule has 0 spiro atoms. The summed E-state index contributed by atoms with van der Waals surface area (Å²) >= 11 is 0. The lowest BCUT2D eigenvalue weighted by molar-refractivity contribution is 0.0596. The smallest absolute Gasteiger partial charge is 0.356 e. The van der Waals surface area contributed by atoms with Crippen molar-refractivity contribution in [2.45, 2.75) is 27.7 Å². The number of nitrogens with zero attached hydrogens (tertiary/aromatic N) is 1. The summed E-state index contributed by atoms with van der Waals surface area (Å²) in [5.74, 6) is -0.744. The highest BCUT2D eigenvalue weighted by Crippen LogP contribution is 2.25. The van der Waals surface area contributed by atoms with Gasteiger partial charge in [-0.05, 0) is 49.9 Å². The number of H-pyrrole nitrogens is 2. The first-order valence-electron chi connectivity index (χ1n) is 7.42. The fourth-order valence-electron chi connectivity index (χ4n) is 3.03. The van der Waals surface area contributed by atoms with Gasteiger partial charge in [-0.2, -0.15) is 5.10 Å². The van der Waals surface area contributed by atoms with Gasteiger partial charge in [-0.3, -0.25) is 14.7 Å². The van der Waals surface area contributed by atoms with Crippen LogP contribution in [-0.4, -0.2) is 28.3 Å². The molecule has 3 aromatic rings. The predicted octanol–water partition coefficient (Wildman–Crippen LogP) is 1.78. The molecular weight excluding hydrogens is 310 g/mol. The van der Waals surface area contributed by atoms with E-state index in [1.165, 1.54) is 7.11 Å². The molecule has 7 heteroatoms. The van der Waals surface area contributed by atoms with E-state index in [0.29, 0.717) is 10.9 Å². The summed E-state index contributed by atoms with van der Waals surface area (Å²) in [6.45, 7) is 7.55. The van der Waals surface area contributed by atoms with Crippen LogP contribution in [0.5, 0.6) is 0 Å². The molecule has 0 unspecified atom stereocenters. The summed E-state index contributed by atoms with van der Waals surface area (Å²) in [6.07, 6.45) is 0. The van der Waals surface area contributed by atoms with E-state index in [1.807, 2.05) is 27.7 Å². The maximum Gasteiger partial charge on any atom is 0.356 e. The second-order valence-corrected chi connectivity index (χ2v) is 5.85. The minimum atomic E-state index is -0.744. The van der Waals surface area contributed by atoms with Crippen molar-refractivity contribution in [3.05, 3.63) is 48.5 Å². The number of rotatable bonds is 1. The van der Waals surface area contributed by atoms with E-state index in [-0.39, 0.29) is 16.6 Å². The minimum absolute atomic E-state index is 0.0520.